The third-order valence-electron chi connectivity index (χ3n) is 5.16. The van der Waals surface area contributed by atoms with E-state index < -0.39 is 6.04 Å². The molecule has 1 unspecified atom stereocenters. The maximum absolute atomic E-state index is 13.0. The number of nitrogens with two attached hydrogens (primary N) is 1. The van der Waals surface area contributed by atoms with Gasteiger partial charge in [-0.2, -0.15) is 0 Å². The SMILES string of the molecule is CCOc1ccc(NC(=O)C(Cc2ccccc2)NC(=O)C2CC[NH2+]CC2)cc1. The number of rotatable bonds is 8. The van der Waals surface area contributed by atoms with Gasteiger partial charge in [0.05, 0.1) is 19.7 Å². The van der Waals surface area contributed by atoms with Gasteiger partial charge in [0.15, 0.2) is 0 Å². The number of amides is 2. The van der Waals surface area contributed by atoms with Crippen molar-refractivity contribution in [2.75, 3.05) is 25.0 Å². The van der Waals surface area contributed by atoms with Gasteiger partial charge in [-0.05, 0) is 36.8 Å². The summed E-state index contributed by atoms with van der Waals surface area (Å²) in [6, 6.07) is 16.4. The van der Waals surface area contributed by atoms with Crippen LogP contribution in [0.4, 0.5) is 5.69 Å². The van der Waals surface area contributed by atoms with Crippen molar-refractivity contribution >= 4 is 17.5 Å². The van der Waals surface area contributed by atoms with Crippen LogP contribution in [0.5, 0.6) is 5.75 Å². The van der Waals surface area contributed by atoms with E-state index >= 15 is 0 Å². The molecule has 6 nitrogen and oxygen atoms in total. The third kappa shape index (κ3) is 6.32. The molecule has 2 aromatic rings. The van der Waals surface area contributed by atoms with Gasteiger partial charge in [0.2, 0.25) is 11.8 Å². The number of carbonyl (C=O) groups excluding carboxylic acids is 2. The highest BCUT2D eigenvalue weighted by Gasteiger charge is 2.28. The molecule has 6 heteroatoms. The van der Waals surface area contributed by atoms with Crippen molar-refractivity contribution in [3.8, 4) is 5.75 Å². The Morgan fingerprint density at radius 3 is 2.41 bits per heavy atom. The summed E-state index contributed by atoms with van der Waals surface area (Å²) in [5, 5.41) is 8.15. The van der Waals surface area contributed by atoms with E-state index in [9.17, 15) is 9.59 Å². The van der Waals surface area contributed by atoms with Crippen molar-refractivity contribution < 1.29 is 19.6 Å². The molecular formula is C23H30N3O3+. The molecule has 1 aliphatic heterocycles. The third-order valence-corrected chi connectivity index (χ3v) is 5.16. The average molecular weight is 397 g/mol. The summed E-state index contributed by atoms with van der Waals surface area (Å²) in [4.78, 5) is 25.7. The molecule has 1 heterocycles. The molecule has 2 aromatic carbocycles. The number of ether oxygens (including phenoxy) is 1. The van der Waals surface area contributed by atoms with Crippen LogP contribution in [0.2, 0.25) is 0 Å². The molecule has 1 fully saturated rings. The van der Waals surface area contributed by atoms with E-state index in [1.165, 1.54) is 0 Å². The normalized spacial score (nSPS) is 15.3. The van der Waals surface area contributed by atoms with Crippen molar-refractivity contribution in [2.45, 2.75) is 32.2 Å². The highest BCUT2D eigenvalue weighted by molar-refractivity contribution is 5.97. The van der Waals surface area contributed by atoms with E-state index in [1.54, 1.807) is 12.1 Å². The lowest BCUT2D eigenvalue weighted by atomic mass is 9.96. The minimum Gasteiger partial charge on any atom is -0.494 e. The first-order valence-electron chi connectivity index (χ1n) is 10.4. The molecule has 154 valence electrons. The van der Waals surface area contributed by atoms with Crippen molar-refractivity contribution in [3.05, 3.63) is 60.2 Å². The standard InChI is InChI=1S/C23H29N3O3/c1-2-29-20-10-8-19(9-11-20)25-23(28)21(16-17-6-4-3-5-7-17)26-22(27)18-12-14-24-15-13-18/h3-11,18,21,24H,2,12-16H2,1H3,(H,25,28)(H,26,27)/p+1. The van der Waals surface area contributed by atoms with Gasteiger partial charge in [-0.15, -0.1) is 0 Å². The molecule has 1 atom stereocenters. The van der Waals surface area contributed by atoms with E-state index in [1.807, 2.05) is 49.4 Å². The predicted octanol–water partition coefficient (Wildman–Crippen LogP) is 1.72. The number of piperidine rings is 1. The number of carbonyl (C=O) groups is 2. The Morgan fingerprint density at radius 2 is 1.76 bits per heavy atom. The molecule has 0 radical (unpaired) electrons. The van der Waals surface area contributed by atoms with Crippen LogP contribution < -0.4 is 20.7 Å². The number of benzene rings is 2. The summed E-state index contributed by atoms with van der Waals surface area (Å²) in [7, 11) is 0. The molecule has 0 aliphatic carbocycles. The Labute approximate surface area is 172 Å². The Kier molecular flexibility index (Phi) is 7.64. The quantitative estimate of drug-likeness (QED) is 0.635. The summed E-state index contributed by atoms with van der Waals surface area (Å²) < 4.78 is 5.44. The molecule has 2 amide bonds. The smallest absolute Gasteiger partial charge is 0.247 e. The van der Waals surface area contributed by atoms with Gasteiger partial charge in [-0.3, -0.25) is 9.59 Å². The van der Waals surface area contributed by atoms with E-state index in [0.717, 1.165) is 37.2 Å². The summed E-state index contributed by atoms with van der Waals surface area (Å²) in [6.07, 6.45) is 2.16. The number of anilines is 1. The Bertz CT molecular complexity index is 787. The molecule has 3 rings (SSSR count). The topological polar surface area (TPSA) is 84.0 Å². The molecule has 0 spiro atoms. The molecule has 1 saturated heterocycles. The number of hydrogen-bond acceptors (Lipinski definition) is 3. The molecule has 0 saturated carbocycles. The van der Waals surface area contributed by atoms with Crippen LogP contribution in [0.15, 0.2) is 54.6 Å². The molecule has 4 N–H and O–H groups in total. The summed E-state index contributed by atoms with van der Waals surface area (Å²) in [5.41, 5.74) is 1.69. The van der Waals surface area contributed by atoms with Crippen molar-refractivity contribution in [2.24, 2.45) is 5.92 Å². The first-order chi connectivity index (χ1) is 14.2. The van der Waals surface area contributed by atoms with E-state index in [2.05, 4.69) is 16.0 Å². The highest BCUT2D eigenvalue weighted by Crippen LogP contribution is 2.17. The fraction of sp³-hybridized carbons (Fsp3) is 0.391. The first-order valence-corrected chi connectivity index (χ1v) is 10.4. The van der Waals surface area contributed by atoms with Crippen LogP contribution in [-0.4, -0.2) is 37.6 Å². The number of quaternary nitrogens is 1. The average Bonchev–Trinajstić information content (AvgIpc) is 2.76. The van der Waals surface area contributed by atoms with Gasteiger partial charge < -0.3 is 20.7 Å². The molecular weight excluding hydrogens is 366 g/mol. The van der Waals surface area contributed by atoms with E-state index in [4.69, 9.17) is 4.74 Å². The molecule has 0 aromatic heterocycles. The van der Waals surface area contributed by atoms with Gasteiger partial charge in [-0.25, -0.2) is 0 Å². The zero-order chi connectivity index (χ0) is 20.5. The van der Waals surface area contributed by atoms with Gasteiger partial charge in [0, 0.05) is 30.9 Å². The predicted molar refractivity (Wildman–Crippen MR) is 113 cm³/mol. The maximum Gasteiger partial charge on any atom is 0.247 e. The van der Waals surface area contributed by atoms with Crippen LogP contribution in [0.1, 0.15) is 25.3 Å². The second-order valence-corrected chi connectivity index (χ2v) is 7.34. The lowest BCUT2D eigenvalue weighted by molar-refractivity contribution is -0.664. The zero-order valence-electron chi connectivity index (χ0n) is 16.9. The second-order valence-electron chi connectivity index (χ2n) is 7.34. The summed E-state index contributed by atoms with van der Waals surface area (Å²) >= 11 is 0. The minimum atomic E-state index is -0.623. The van der Waals surface area contributed by atoms with Crippen molar-refractivity contribution in [1.29, 1.82) is 0 Å². The van der Waals surface area contributed by atoms with Gasteiger partial charge in [0.25, 0.3) is 0 Å². The number of hydrogen-bond donors (Lipinski definition) is 3. The van der Waals surface area contributed by atoms with Gasteiger partial charge in [-0.1, -0.05) is 30.3 Å². The Morgan fingerprint density at radius 1 is 1.07 bits per heavy atom. The monoisotopic (exact) mass is 396 g/mol. The lowest BCUT2D eigenvalue weighted by Gasteiger charge is -2.24. The molecule has 0 bridgehead atoms. The summed E-state index contributed by atoms with van der Waals surface area (Å²) in [5.74, 6) is 0.500. The van der Waals surface area contributed by atoms with Gasteiger partial charge >= 0.3 is 0 Å². The maximum atomic E-state index is 13.0. The van der Waals surface area contributed by atoms with Crippen LogP contribution in [0.25, 0.3) is 0 Å². The highest BCUT2D eigenvalue weighted by atomic mass is 16.5. The first kappa shape index (κ1) is 20.9. The second kappa shape index (κ2) is 10.6. The largest absolute Gasteiger partial charge is 0.494 e. The fourth-order valence-corrected chi connectivity index (χ4v) is 3.57. The van der Waals surface area contributed by atoms with E-state index in [-0.39, 0.29) is 17.7 Å². The number of nitrogens with one attached hydrogen (secondary N) is 2. The molecule has 1 aliphatic rings. The Hall–Kier alpha value is -2.86. The zero-order valence-corrected chi connectivity index (χ0v) is 16.9. The van der Waals surface area contributed by atoms with Crippen LogP contribution in [-0.2, 0) is 16.0 Å². The van der Waals surface area contributed by atoms with Crippen molar-refractivity contribution in [3.63, 3.8) is 0 Å². The van der Waals surface area contributed by atoms with Gasteiger partial charge in [0.1, 0.15) is 11.8 Å². The van der Waals surface area contributed by atoms with Crippen LogP contribution >= 0.6 is 0 Å². The fourth-order valence-electron chi connectivity index (χ4n) is 3.57. The van der Waals surface area contributed by atoms with E-state index in [0.29, 0.717) is 18.7 Å². The molecule has 29 heavy (non-hydrogen) atoms. The minimum absolute atomic E-state index is 0.0171. The van der Waals surface area contributed by atoms with Crippen molar-refractivity contribution in [1.82, 2.24) is 5.32 Å². The van der Waals surface area contributed by atoms with Crippen LogP contribution in [0, 0.1) is 5.92 Å². The summed E-state index contributed by atoms with van der Waals surface area (Å²) in [6.45, 7) is 4.44. The Balaban J connectivity index is 1.68. The van der Waals surface area contributed by atoms with Crippen LogP contribution in [0.3, 0.4) is 0 Å². The lowest BCUT2D eigenvalue weighted by Crippen LogP contribution is -2.86.